The Kier molecular flexibility index (Phi) is 2.78. The van der Waals surface area contributed by atoms with Gasteiger partial charge in [-0.2, -0.15) is 9.97 Å². The summed E-state index contributed by atoms with van der Waals surface area (Å²) in [5.41, 5.74) is 10.9. The number of hydrogen-bond acceptors (Lipinski definition) is 5. The van der Waals surface area contributed by atoms with Crippen molar-refractivity contribution in [3.63, 3.8) is 0 Å². The van der Waals surface area contributed by atoms with Gasteiger partial charge in [-0.25, -0.2) is 0 Å². The summed E-state index contributed by atoms with van der Waals surface area (Å²) in [6.07, 6.45) is 0. The van der Waals surface area contributed by atoms with Crippen molar-refractivity contribution in [1.82, 2.24) is 9.97 Å². The molecule has 0 saturated carbocycles. The van der Waals surface area contributed by atoms with Crippen LogP contribution in [0.5, 0.6) is 11.6 Å². The molecule has 82 valence electrons. The summed E-state index contributed by atoms with van der Waals surface area (Å²) in [6.45, 7) is 0. The SMILES string of the molecule is Nc1cc(Oc2ccc(Cl)cc2)nc(N)n1. The Labute approximate surface area is 97.0 Å². The number of aromatic nitrogens is 2. The zero-order valence-electron chi connectivity index (χ0n) is 8.22. The van der Waals surface area contributed by atoms with Gasteiger partial charge in [0.1, 0.15) is 11.6 Å². The average molecular weight is 237 g/mol. The highest BCUT2D eigenvalue weighted by Gasteiger charge is 2.02. The Morgan fingerprint density at radius 2 is 1.75 bits per heavy atom. The van der Waals surface area contributed by atoms with Crippen molar-refractivity contribution < 1.29 is 4.74 Å². The molecule has 2 aromatic rings. The van der Waals surface area contributed by atoms with Crippen molar-refractivity contribution >= 4 is 23.4 Å². The summed E-state index contributed by atoms with van der Waals surface area (Å²) in [4.78, 5) is 7.62. The largest absolute Gasteiger partial charge is 0.439 e. The van der Waals surface area contributed by atoms with Crippen molar-refractivity contribution in [3.05, 3.63) is 35.4 Å². The fourth-order valence-electron chi connectivity index (χ4n) is 1.14. The van der Waals surface area contributed by atoms with Gasteiger partial charge in [0.15, 0.2) is 0 Å². The number of anilines is 2. The van der Waals surface area contributed by atoms with E-state index < -0.39 is 0 Å². The van der Waals surface area contributed by atoms with Crippen LogP contribution in [0.15, 0.2) is 30.3 Å². The van der Waals surface area contributed by atoms with Crippen LogP contribution in [-0.2, 0) is 0 Å². The maximum atomic E-state index is 5.74. The van der Waals surface area contributed by atoms with E-state index in [4.69, 9.17) is 27.8 Å². The van der Waals surface area contributed by atoms with E-state index in [1.54, 1.807) is 24.3 Å². The molecule has 1 aromatic heterocycles. The van der Waals surface area contributed by atoms with E-state index in [1.165, 1.54) is 6.07 Å². The molecule has 0 atom stereocenters. The smallest absolute Gasteiger partial charge is 0.226 e. The van der Waals surface area contributed by atoms with E-state index in [0.717, 1.165) is 0 Å². The van der Waals surface area contributed by atoms with Gasteiger partial charge in [0.2, 0.25) is 11.8 Å². The summed E-state index contributed by atoms with van der Waals surface area (Å²) >= 11 is 5.74. The Hall–Kier alpha value is -2.01. The summed E-state index contributed by atoms with van der Waals surface area (Å²) < 4.78 is 5.43. The van der Waals surface area contributed by atoms with E-state index >= 15 is 0 Å². The van der Waals surface area contributed by atoms with Gasteiger partial charge in [-0.1, -0.05) is 11.6 Å². The Morgan fingerprint density at radius 1 is 1.06 bits per heavy atom. The van der Waals surface area contributed by atoms with Gasteiger partial charge in [0.05, 0.1) is 0 Å². The molecule has 0 aliphatic carbocycles. The fourth-order valence-corrected chi connectivity index (χ4v) is 1.26. The summed E-state index contributed by atoms with van der Waals surface area (Å²) in [6, 6.07) is 8.36. The lowest BCUT2D eigenvalue weighted by Crippen LogP contribution is -2.00. The van der Waals surface area contributed by atoms with E-state index in [9.17, 15) is 0 Å². The van der Waals surface area contributed by atoms with Gasteiger partial charge >= 0.3 is 0 Å². The maximum Gasteiger partial charge on any atom is 0.226 e. The molecule has 0 bridgehead atoms. The van der Waals surface area contributed by atoms with Crippen LogP contribution in [0.3, 0.4) is 0 Å². The monoisotopic (exact) mass is 236 g/mol. The lowest BCUT2D eigenvalue weighted by Gasteiger charge is -2.05. The first-order chi connectivity index (χ1) is 7.63. The van der Waals surface area contributed by atoms with Gasteiger partial charge < -0.3 is 16.2 Å². The number of hydrogen-bond donors (Lipinski definition) is 2. The number of nitrogen functional groups attached to an aromatic ring is 2. The predicted octanol–water partition coefficient (Wildman–Crippen LogP) is 2.09. The molecule has 0 amide bonds. The van der Waals surface area contributed by atoms with Crippen LogP contribution in [-0.4, -0.2) is 9.97 Å². The number of nitrogens with zero attached hydrogens (tertiary/aromatic N) is 2. The second kappa shape index (κ2) is 4.24. The predicted molar refractivity (Wildman–Crippen MR) is 62.4 cm³/mol. The third-order valence-electron chi connectivity index (χ3n) is 1.78. The molecule has 0 aliphatic heterocycles. The molecule has 0 fully saturated rings. The van der Waals surface area contributed by atoms with E-state index in [0.29, 0.717) is 16.7 Å². The fraction of sp³-hybridized carbons (Fsp3) is 0. The minimum absolute atomic E-state index is 0.0731. The summed E-state index contributed by atoms with van der Waals surface area (Å²) in [5, 5.41) is 0.633. The number of ether oxygens (including phenoxy) is 1. The first kappa shape index (κ1) is 10.5. The minimum atomic E-state index is 0.0731. The topological polar surface area (TPSA) is 87.0 Å². The molecule has 0 aliphatic rings. The zero-order chi connectivity index (χ0) is 11.5. The first-order valence-electron chi connectivity index (χ1n) is 4.47. The third-order valence-corrected chi connectivity index (χ3v) is 2.03. The van der Waals surface area contributed by atoms with Gasteiger partial charge in [0, 0.05) is 11.1 Å². The van der Waals surface area contributed by atoms with Crippen molar-refractivity contribution in [1.29, 1.82) is 0 Å². The van der Waals surface area contributed by atoms with Crippen LogP contribution in [0.1, 0.15) is 0 Å². The van der Waals surface area contributed by atoms with Gasteiger partial charge in [0.25, 0.3) is 0 Å². The maximum absolute atomic E-state index is 5.74. The van der Waals surface area contributed by atoms with Gasteiger partial charge in [-0.15, -0.1) is 0 Å². The molecule has 2 rings (SSSR count). The lowest BCUT2D eigenvalue weighted by molar-refractivity contribution is 0.463. The second-order valence-corrected chi connectivity index (χ2v) is 3.48. The molecule has 6 heteroatoms. The highest BCUT2D eigenvalue weighted by molar-refractivity contribution is 6.30. The average Bonchev–Trinajstić information content (AvgIpc) is 2.20. The van der Waals surface area contributed by atoms with Crippen LogP contribution >= 0.6 is 11.6 Å². The standard InChI is InChI=1S/C10H9ClN4O/c11-6-1-3-7(4-2-6)16-9-5-8(12)14-10(13)15-9/h1-5H,(H4,12,13,14,15). The van der Waals surface area contributed by atoms with Crippen molar-refractivity contribution in [2.24, 2.45) is 0 Å². The molecule has 0 unspecified atom stereocenters. The van der Waals surface area contributed by atoms with Gasteiger partial charge in [-0.3, -0.25) is 0 Å². The second-order valence-electron chi connectivity index (χ2n) is 3.05. The molecule has 1 heterocycles. The quantitative estimate of drug-likeness (QED) is 0.834. The summed E-state index contributed by atoms with van der Waals surface area (Å²) in [5.74, 6) is 1.23. The third kappa shape index (κ3) is 2.52. The zero-order valence-corrected chi connectivity index (χ0v) is 8.98. The van der Waals surface area contributed by atoms with Crippen molar-refractivity contribution in [2.75, 3.05) is 11.5 Å². The van der Waals surface area contributed by atoms with E-state index in [-0.39, 0.29) is 11.8 Å². The Balaban J connectivity index is 2.23. The van der Waals surface area contributed by atoms with Crippen LogP contribution in [0.25, 0.3) is 0 Å². The lowest BCUT2D eigenvalue weighted by atomic mass is 10.3. The van der Waals surface area contributed by atoms with Crippen molar-refractivity contribution in [3.8, 4) is 11.6 Å². The summed E-state index contributed by atoms with van der Waals surface area (Å²) in [7, 11) is 0. The Bertz CT molecular complexity index is 480. The Morgan fingerprint density at radius 3 is 2.38 bits per heavy atom. The highest BCUT2D eigenvalue weighted by atomic mass is 35.5. The number of halogens is 1. The molecule has 0 spiro atoms. The molecular weight excluding hydrogens is 228 g/mol. The number of rotatable bonds is 2. The van der Waals surface area contributed by atoms with Crippen LogP contribution in [0.2, 0.25) is 5.02 Å². The molecule has 16 heavy (non-hydrogen) atoms. The first-order valence-corrected chi connectivity index (χ1v) is 4.85. The number of benzene rings is 1. The van der Waals surface area contributed by atoms with Crippen molar-refractivity contribution in [2.45, 2.75) is 0 Å². The molecule has 1 aromatic carbocycles. The molecular formula is C10H9ClN4O. The van der Waals surface area contributed by atoms with Crippen LogP contribution < -0.4 is 16.2 Å². The molecule has 0 radical (unpaired) electrons. The normalized spacial score (nSPS) is 10.1. The van der Waals surface area contributed by atoms with Crippen LogP contribution in [0.4, 0.5) is 11.8 Å². The number of nitrogens with two attached hydrogens (primary N) is 2. The highest BCUT2D eigenvalue weighted by Crippen LogP contribution is 2.22. The van der Waals surface area contributed by atoms with Crippen LogP contribution in [0, 0.1) is 0 Å². The van der Waals surface area contributed by atoms with Gasteiger partial charge in [-0.05, 0) is 24.3 Å². The molecule has 5 nitrogen and oxygen atoms in total. The van der Waals surface area contributed by atoms with E-state index in [2.05, 4.69) is 9.97 Å². The molecule has 4 N–H and O–H groups in total. The minimum Gasteiger partial charge on any atom is -0.439 e. The molecule has 0 saturated heterocycles. The van der Waals surface area contributed by atoms with E-state index in [1.807, 2.05) is 0 Å².